The van der Waals surface area contributed by atoms with Gasteiger partial charge in [0.1, 0.15) is 0 Å². The largest absolute Gasteiger partial charge is 0.357 e. The Morgan fingerprint density at radius 3 is 2.17 bits per heavy atom. The van der Waals surface area contributed by atoms with Gasteiger partial charge in [-0.1, -0.05) is 31.9 Å². The van der Waals surface area contributed by atoms with E-state index in [1.165, 1.54) is 0 Å². The summed E-state index contributed by atoms with van der Waals surface area (Å²) in [5.41, 5.74) is 3.68. The van der Waals surface area contributed by atoms with Crippen LogP contribution in [0, 0.1) is 0 Å². The van der Waals surface area contributed by atoms with Crippen LogP contribution in [0.15, 0.2) is 0 Å². The Bertz CT molecular complexity index is 28.0. The lowest BCUT2D eigenvalue weighted by molar-refractivity contribution is -0.365. The maximum absolute atomic E-state index is 3.68. The van der Waals surface area contributed by atoms with Crippen molar-refractivity contribution in [3.05, 3.63) is 0 Å². The lowest BCUT2D eigenvalue weighted by atomic mass is 10.5. The molecule has 3 N–H and O–H groups in total. The number of alkyl halides is 2. The molecular weight excluding hydrogens is 210 g/mol. The standard InChI is InChI=1S/C3H7Br2N/c4-1-3(5)2-6/h3H,1-2,6H2/p+1. The fourth-order valence-corrected chi connectivity index (χ4v) is 0.401. The molecule has 0 aliphatic carbocycles. The Kier molecular flexibility index (Phi) is 4.72. The SMILES string of the molecule is [NH3+]CC(Br)CBr. The minimum atomic E-state index is 0.553. The second-order valence-electron chi connectivity index (χ2n) is 1.04. The van der Waals surface area contributed by atoms with Crippen molar-refractivity contribution in [1.29, 1.82) is 0 Å². The molecule has 38 valence electrons. The Balaban J connectivity index is 2.75. The summed E-state index contributed by atoms with van der Waals surface area (Å²) in [6.45, 7) is 0.950. The average molecular weight is 218 g/mol. The third-order valence-electron chi connectivity index (χ3n) is 0.481. The summed E-state index contributed by atoms with van der Waals surface area (Å²) in [7, 11) is 0. The third kappa shape index (κ3) is 3.12. The zero-order valence-electron chi connectivity index (χ0n) is 3.45. The van der Waals surface area contributed by atoms with Crippen molar-refractivity contribution in [2.75, 3.05) is 11.9 Å². The smallest absolute Gasteiger partial charge is 0.0875 e. The van der Waals surface area contributed by atoms with Gasteiger partial charge in [-0.25, -0.2) is 0 Å². The molecule has 0 radical (unpaired) electrons. The molecule has 0 aromatic carbocycles. The first-order valence-electron chi connectivity index (χ1n) is 1.80. The molecule has 0 fully saturated rings. The van der Waals surface area contributed by atoms with E-state index in [2.05, 4.69) is 37.6 Å². The van der Waals surface area contributed by atoms with Gasteiger partial charge in [0.05, 0.1) is 11.4 Å². The zero-order chi connectivity index (χ0) is 4.99. The van der Waals surface area contributed by atoms with Crippen LogP contribution in [-0.4, -0.2) is 16.7 Å². The van der Waals surface area contributed by atoms with Gasteiger partial charge in [0.15, 0.2) is 0 Å². The van der Waals surface area contributed by atoms with Gasteiger partial charge in [0.25, 0.3) is 0 Å². The fraction of sp³-hybridized carbons (Fsp3) is 1.00. The molecular formula is C3H8Br2N+. The molecule has 6 heavy (non-hydrogen) atoms. The molecule has 0 saturated carbocycles. The first-order chi connectivity index (χ1) is 2.81. The topological polar surface area (TPSA) is 27.6 Å². The minimum Gasteiger partial charge on any atom is -0.357 e. The van der Waals surface area contributed by atoms with Gasteiger partial charge in [0.2, 0.25) is 0 Å². The molecule has 3 heteroatoms. The number of halogens is 2. The number of rotatable bonds is 2. The molecule has 1 unspecified atom stereocenters. The summed E-state index contributed by atoms with van der Waals surface area (Å²) in [4.78, 5) is 0.553. The Labute approximate surface area is 54.5 Å². The Morgan fingerprint density at radius 2 is 2.17 bits per heavy atom. The van der Waals surface area contributed by atoms with Crippen molar-refractivity contribution < 1.29 is 5.73 Å². The average Bonchev–Trinajstić information content (AvgIpc) is 1.65. The molecule has 0 amide bonds. The third-order valence-corrected chi connectivity index (χ3v) is 2.91. The van der Waals surface area contributed by atoms with Crippen LogP contribution < -0.4 is 5.73 Å². The van der Waals surface area contributed by atoms with Crippen molar-refractivity contribution in [3.63, 3.8) is 0 Å². The van der Waals surface area contributed by atoms with Crippen molar-refractivity contribution in [1.82, 2.24) is 0 Å². The van der Waals surface area contributed by atoms with Gasteiger partial charge in [-0.3, -0.25) is 0 Å². The molecule has 0 aliphatic rings. The monoisotopic (exact) mass is 216 g/mol. The van der Waals surface area contributed by atoms with E-state index < -0.39 is 0 Å². The van der Waals surface area contributed by atoms with E-state index in [1.807, 2.05) is 0 Å². The first kappa shape index (κ1) is 6.92. The van der Waals surface area contributed by atoms with Crippen LogP contribution >= 0.6 is 31.9 Å². The van der Waals surface area contributed by atoms with Gasteiger partial charge < -0.3 is 5.73 Å². The van der Waals surface area contributed by atoms with Crippen LogP contribution in [0.25, 0.3) is 0 Å². The van der Waals surface area contributed by atoms with Gasteiger partial charge in [-0.05, 0) is 0 Å². The van der Waals surface area contributed by atoms with E-state index in [4.69, 9.17) is 0 Å². The highest BCUT2D eigenvalue weighted by Crippen LogP contribution is 1.98. The van der Waals surface area contributed by atoms with E-state index in [-0.39, 0.29) is 0 Å². The molecule has 0 rings (SSSR count). The van der Waals surface area contributed by atoms with Crippen molar-refractivity contribution >= 4 is 31.9 Å². The van der Waals surface area contributed by atoms with Gasteiger partial charge in [-0.15, -0.1) is 0 Å². The second kappa shape index (κ2) is 4.09. The highest BCUT2D eigenvalue weighted by atomic mass is 79.9. The molecule has 0 bridgehead atoms. The van der Waals surface area contributed by atoms with Crippen LogP contribution in [0.3, 0.4) is 0 Å². The summed E-state index contributed by atoms with van der Waals surface area (Å²) in [6.07, 6.45) is 0. The summed E-state index contributed by atoms with van der Waals surface area (Å²) in [6, 6.07) is 0. The number of quaternary nitrogens is 1. The highest BCUT2D eigenvalue weighted by molar-refractivity contribution is 9.12. The molecule has 0 aliphatic heterocycles. The van der Waals surface area contributed by atoms with Crippen molar-refractivity contribution in [3.8, 4) is 0 Å². The second-order valence-corrected chi connectivity index (χ2v) is 2.98. The van der Waals surface area contributed by atoms with Crippen LogP contribution in [0.1, 0.15) is 0 Å². The summed E-state index contributed by atoms with van der Waals surface area (Å²) in [5, 5.41) is 0.997. The summed E-state index contributed by atoms with van der Waals surface area (Å²) < 4.78 is 0. The predicted octanol–water partition coefficient (Wildman–Crippen LogP) is 0.387. The molecule has 0 saturated heterocycles. The van der Waals surface area contributed by atoms with Crippen LogP contribution in [-0.2, 0) is 0 Å². The number of hydrogen-bond donors (Lipinski definition) is 1. The van der Waals surface area contributed by atoms with E-state index in [1.54, 1.807) is 0 Å². The van der Waals surface area contributed by atoms with E-state index in [9.17, 15) is 0 Å². The van der Waals surface area contributed by atoms with Gasteiger partial charge in [0, 0.05) is 5.33 Å². The number of hydrogen-bond acceptors (Lipinski definition) is 0. The molecule has 0 aromatic rings. The van der Waals surface area contributed by atoms with Crippen molar-refractivity contribution in [2.24, 2.45) is 0 Å². The lowest BCUT2D eigenvalue weighted by Crippen LogP contribution is -2.54. The molecule has 1 nitrogen and oxygen atoms in total. The quantitative estimate of drug-likeness (QED) is 0.649. The molecule has 0 spiro atoms. The van der Waals surface area contributed by atoms with E-state index in [0.29, 0.717) is 4.83 Å². The summed E-state index contributed by atoms with van der Waals surface area (Å²) in [5.74, 6) is 0. The maximum atomic E-state index is 3.68. The zero-order valence-corrected chi connectivity index (χ0v) is 6.63. The first-order valence-corrected chi connectivity index (χ1v) is 3.84. The van der Waals surface area contributed by atoms with Gasteiger partial charge >= 0.3 is 0 Å². The summed E-state index contributed by atoms with van der Waals surface area (Å²) >= 11 is 6.65. The molecule has 0 heterocycles. The van der Waals surface area contributed by atoms with E-state index >= 15 is 0 Å². The van der Waals surface area contributed by atoms with Gasteiger partial charge in [-0.2, -0.15) is 0 Å². The van der Waals surface area contributed by atoms with E-state index in [0.717, 1.165) is 11.9 Å². The minimum absolute atomic E-state index is 0.553. The molecule has 0 aromatic heterocycles. The maximum Gasteiger partial charge on any atom is 0.0875 e. The predicted molar refractivity (Wildman–Crippen MR) is 34.3 cm³/mol. The normalized spacial score (nSPS) is 14.5. The lowest BCUT2D eigenvalue weighted by Gasteiger charge is -1.92. The van der Waals surface area contributed by atoms with Crippen molar-refractivity contribution in [2.45, 2.75) is 4.83 Å². The van der Waals surface area contributed by atoms with Crippen LogP contribution in [0.5, 0.6) is 0 Å². The van der Waals surface area contributed by atoms with Crippen LogP contribution in [0.4, 0.5) is 0 Å². The Hall–Kier alpha value is 0.920. The fourth-order valence-electron chi connectivity index (χ4n) is 0.0772. The molecule has 1 atom stereocenters. The highest BCUT2D eigenvalue weighted by Gasteiger charge is 1.96. The van der Waals surface area contributed by atoms with Crippen LogP contribution in [0.2, 0.25) is 0 Å². The Morgan fingerprint density at radius 1 is 1.67 bits per heavy atom.